The van der Waals surface area contributed by atoms with Crippen LogP contribution in [0, 0.1) is 53.3 Å². The molecule has 0 spiro atoms. The Kier molecular flexibility index (Phi) is 3.49. The average Bonchev–Trinajstić information content (AvgIpc) is 3.35. The summed E-state index contributed by atoms with van der Waals surface area (Å²) in [5, 5.41) is 10.0. The van der Waals surface area contributed by atoms with Crippen molar-refractivity contribution >= 4 is 5.97 Å². The Balaban J connectivity index is 1.50. The highest BCUT2D eigenvalue weighted by atomic mass is 16.6. The van der Waals surface area contributed by atoms with E-state index >= 15 is 0 Å². The van der Waals surface area contributed by atoms with E-state index in [4.69, 9.17) is 11.2 Å². The van der Waals surface area contributed by atoms with E-state index in [-0.39, 0.29) is 17.5 Å². The first-order valence-corrected chi connectivity index (χ1v) is 10.5. The number of terminal acetylenes is 1. The number of esters is 1. The van der Waals surface area contributed by atoms with E-state index in [0.717, 1.165) is 38.0 Å². The smallest absolute Gasteiger partial charge is 0.304 e. The van der Waals surface area contributed by atoms with Gasteiger partial charge in [0, 0.05) is 18.3 Å². The van der Waals surface area contributed by atoms with Crippen molar-refractivity contribution in [3.05, 3.63) is 11.6 Å². The van der Waals surface area contributed by atoms with Crippen molar-refractivity contribution in [2.24, 2.45) is 40.9 Å². The Morgan fingerprint density at radius 1 is 1.27 bits per heavy atom. The third kappa shape index (κ3) is 1.97. The number of carbonyl (C=O) groups excluding carboxylic acids is 1. The number of aliphatic hydroxyl groups excluding tert-OH is 1. The van der Waals surface area contributed by atoms with Crippen molar-refractivity contribution in [1.82, 2.24) is 0 Å². The molecule has 3 nitrogen and oxygen atoms in total. The molecule has 0 aromatic carbocycles. The first kappa shape index (κ1) is 16.9. The maximum atomic E-state index is 11.9. The lowest BCUT2D eigenvalue weighted by Gasteiger charge is -2.56. The molecule has 3 heteroatoms. The van der Waals surface area contributed by atoms with Gasteiger partial charge in [0.15, 0.2) is 5.60 Å². The number of hydrogen-bond acceptors (Lipinski definition) is 3. The highest BCUT2D eigenvalue weighted by Gasteiger charge is 2.77. The molecule has 0 amide bonds. The average molecular weight is 354 g/mol. The van der Waals surface area contributed by atoms with Crippen LogP contribution in [0.5, 0.6) is 0 Å². The summed E-state index contributed by atoms with van der Waals surface area (Å²) in [5.41, 5.74) is 0.761. The van der Waals surface area contributed by atoms with Gasteiger partial charge >= 0.3 is 5.97 Å². The second-order valence-electron chi connectivity index (χ2n) is 9.82. The van der Waals surface area contributed by atoms with Gasteiger partial charge in [-0.2, -0.15) is 0 Å². The minimum Gasteiger partial charge on any atom is -0.445 e. The SMILES string of the molecule is C#C[C@]1(OC(C)=O)[C@@H]2C[C@@H]2[C@H]2[C@@H]3CCC4=C[C@@H](O)CC[C@@H]4[C@H]3CC[C@@]21C. The molecule has 0 aliphatic heterocycles. The Labute approximate surface area is 156 Å². The standard InChI is InChI=1S/C23H30O3/c1-4-23(26-13(2)24)20-12-19(20)21-18-7-5-14-11-15(25)6-8-16(14)17(18)9-10-22(21,23)3/h1,11,15-21,25H,5-10,12H2,2-3H3/t15-,16-,17+,18+,19-,20+,21+,22-,23-/m0/s1. The van der Waals surface area contributed by atoms with E-state index < -0.39 is 5.60 Å². The lowest BCUT2D eigenvalue weighted by molar-refractivity contribution is -0.174. The molecule has 0 bridgehead atoms. The van der Waals surface area contributed by atoms with Crippen molar-refractivity contribution in [2.75, 3.05) is 0 Å². The number of fused-ring (bicyclic) bond motifs is 7. The molecule has 0 aromatic heterocycles. The first-order valence-electron chi connectivity index (χ1n) is 10.5. The van der Waals surface area contributed by atoms with Gasteiger partial charge in [0.25, 0.3) is 0 Å². The molecular formula is C23H30O3. The summed E-state index contributed by atoms with van der Waals surface area (Å²) in [6, 6.07) is 0. The minimum absolute atomic E-state index is 0.0719. The molecule has 1 N–H and O–H groups in total. The van der Waals surface area contributed by atoms with Crippen molar-refractivity contribution < 1.29 is 14.6 Å². The van der Waals surface area contributed by atoms with Gasteiger partial charge < -0.3 is 9.84 Å². The minimum atomic E-state index is -0.683. The van der Waals surface area contributed by atoms with Crippen molar-refractivity contribution in [2.45, 2.75) is 70.5 Å². The summed E-state index contributed by atoms with van der Waals surface area (Å²) < 4.78 is 5.96. The van der Waals surface area contributed by atoms with E-state index in [9.17, 15) is 9.90 Å². The largest absolute Gasteiger partial charge is 0.445 e. The third-order valence-corrected chi connectivity index (χ3v) is 8.87. The van der Waals surface area contributed by atoms with Crippen LogP contribution < -0.4 is 0 Å². The second kappa shape index (κ2) is 5.38. The molecule has 5 aliphatic rings. The number of carbonyl (C=O) groups is 1. The summed E-state index contributed by atoms with van der Waals surface area (Å²) in [7, 11) is 0. The Morgan fingerprint density at radius 2 is 2.08 bits per heavy atom. The van der Waals surface area contributed by atoms with Crippen LogP contribution in [0.25, 0.3) is 0 Å². The van der Waals surface area contributed by atoms with Gasteiger partial charge in [-0.1, -0.05) is 24.5 Å². The number of rotatable bonds is 1. The lowest BCUT2D eigenvalue weighted by atomic mass is 9.49. The van der Waals surface area contributed by atoms with Gasteiger partial charge in [-0.15, -0.1) is 6.42 Å². The predicted octanol–water partition coefficient (Wildman–Crippen LogP) is 3.71. The number of hydrogen-bond donors (Lipinski definition) is 1. The van der Waals surface area contributed by atoms with Gasteiger partial charge in [0.05, 0.1) is 6.10 Å². The normalized spacial score (nSPS) is 53.9. The van der Waals surface area contributed by atoms with Gasteiger partial charge in [0.1, 0.15) is 0 Å². The molecule has 9 atom stereocenters. The lowest BCUT2D eigenvalue weighted by Crippen LogP contribution is -2.56. The van der Waals surface area contributed by atoms with Crippen LogP contribution >= 0.6 is 0 Å². The quantitative estimate of drug-likeness (QED) is 0.444. The first-order chi connectivity index (χ1) is 12.4. The number of allylic oxidation sites excluding steroid dienone is 1. The summed E-state index contributed by atoms with van der Waals surface area (Å²) in [6.07, 6.45) is 15.7. The van der Waals surface area contributed by atoms with Crippen LogP contribution in [0.4, 0.5) is 0 Å². The molecule has 0 radical (unpaired) electrons. The molecule has 0 aromatic rings. The third-order valence-electron chi connectivity index (χ3n) is 8.87. The summed E-state index contributed by atoms with van der Waals surface area (Å²) in [5.74, 6) is 6.48. The van der Waals surface area contributed by atoms with E-state index in [1.54, 1.807) is 0 Å². The molecule has 0 heterocycles. The fraction of sp³-hybridized carbons (Fsp3) is 0.783. The zero-order valence-corrected chi connectivity index (χ0v) is 15.9. The maximum absolute atomic E-state index is 11.9. The van der Waals surface area contributed by atoms with Gasteiger partial charge in [-0.05, 0) is 74.5 Å². The monoisotopic (exact) mass is 354 g/mol. The molecule has 4 saturated carbocycles. The van der Waals surface area contributed by atoms with Gasteiger partial charge in [0.2, 0.25) is 0 Å². The molecule has 5 rings (SSSR count). The van der Waals surface area contributed by atoms with Gasteiger partial charge in [-0.3, -0.25) is 4.79 Å². The maximum Gasteiger partial charge on any atom is 0.304 e. The summed E-state index contributed by atoms with van der Waals surface area (Å²) in [6.45, 7) is 3.82. The summed E-state index contributed by atoms with van der Waals surface area (Å²) in [4.78, 5) is 11.9. The van der Waals surface area contributed by atoms with E-state index in [2.05, 4.69) is 18.9 Å². The number of aliphatic hydroxyl groups is 1. The fourth-order valence-corrected chi connectivity index (χ4v) is 8.01. The summed E-state index contributed by atoms with van der Waals surface area (Å²) >= 11 is 0. The molecule has 26 heavy (non-hydrogen) atoms. The Hall–Kier alpha value is -1.27. The van der Waals surface area contributed by atoms with Gasteiger partial charge in [-0.25, -0.2) is 0 Å². The van der Waals surface area contributed by atoms with E-state index in [1.165, 1.54) is 25.3 Å². The van der Waals surface area contributed by atoms with Crippen LogP contribution in [0.3, 0.4) is 0 Å². The van der Waals surface area contributed by atoms with Crippen LogP contribution in [0.1, 0.15) is 58.8 Å². The van der Waals surface area contributed by atoms with Crippen LogP contribution in [0.2, 0.25) is 0 Å². The van der Waals surface area contributed by atoms with Crippen molar-refractivity contribution in [1.29, 1.82) is 0 Å². The van der Waals surface area contributed by atoms with Crippen LogP contribution in [0.15, 0.2) is 11.6 Å². The van der Waals surface area contributed by atoms with E-state index in [1.807, 2.05) is 0 Å². The van der Waals surface area contributed by atoms with Crippen LogP contribution in [-0.4, -0.2) is 22.8 Å². The molecule has 4 fully saturated rings. The highest BCUT2D eigenvalue weighted by molar-refractivity contribution is 5.67. The van der Waals surface area contributed by atoms with E-state index in [0.29, 0.717) is 29.6 Å². The molecule has 0 saturated heterocycles. The molecule has 140 valence electrons. The molecule has 5 aliphatic carbocycles. The van der Waals surface area contributed by atoms with Crippen molar-refractivity contribution in [3.8, 4) is 12.3 Å². The molecular weight excluding hydrogens is 324 g/mol. The zero-order chi connectivity index (χ0) is 18.3. The molecule has 0 unspecified atom stereocenters. The van der Waals surface area contributed by atoms with Crippen molar-refractivity contribution in [3.63, 3.8) is 0 Å². The highest BCUT2D eigenvalue weighted by Crippen LogP contribution is 2.76. The predicted molar refractivity (Wildman–Crippen MR) is 98.8 cm³/mol. The van der Waals surface area contributed by atoms with Crippen LogP contribution in [-0.2, 0) is 9.53 Å². The topological polar surface area (TPSA) is 46.5 Å². The fourth-order valence-electron chi connectivity index (χ4n) is 8.01. The Morgan fingerprint density at radius 3 is 2.81 bits per heavy atom. The zero-order valence-electron chi connectivity index (χ0n) is 15.9. The second-order valence-corrected chi connectivity index (χ2v) is 9.82. The number of ether oxygens (including phenoxy) is 1. The Bertz CT molecular complexity index is 717.